The van der Waals surface area contributed by atoms with Crippen LogP contribution in [-0.2, 0) is 9.84 Å². The summed E-state index contributed by atoms with van der Waals surface area (Å²) in [6, 6.07) is 13.7. The highest BCUT2D eigenvalue weighted by molar-refractivity contribution is 7.90. The summed E-state index contributed by atoms with van der Waals surface area (Å²) in [6.07, 6.45) is 1.15. The molecule has 1 aromatic heterocycles. The molecule has 6 nitrogen and oxygen atoms in total. The van der Waals surface area contributed by atoms with Gasteiger partial charge in [0, 0.05) is 18.4 Å². The second kappa shape index (κ2) is 5.51. The predicted molar refractivity (Wildman–Crippen MR) is 84.1 cm³/mol. The van der Waals surface area contributed by atoms with Gasteiger partial charge in [0.25, 0.3) is 0 Å². The fourth-order valence-electron chi connectivity index (χ4n) is 2.25. The molecule has 0 aliphatic rings. The number of aryl methyl sites for hydroxylation is 1. The molecule has 0 bridgehead atoms. The first-order chi connectivity index (χ1) is 10.9. The van der Waals surface area contributed by atoms with Crippen molar-refractivity contribution in [3.8, 4) is 16.9 Å². The predicted octanol–water partition coefficient (Wildman–Crippen LogP) is 1.62. The van der Waals surface area contributed by atoms with Gasteiger partial charge in [0.2, 0.25) is 5.69 Å². The molecular formula is C16H15N2O4S+. The van der Waals surface area contributed by atoms with Crippen molar-refractivity contribution in [2.45, 2.75) is 11.8 Å². The van der Waals surface area contributed by atoms with Gasteiger partial charge in [-0.05, 0) is 41.1 Å². The van der Waals surface area contributed by atoms with Gasteiger partial charge < -0.3 is 0 Å². The van der Waals surface area contributed by atoms with Crippen LogP contribution in [0.2, 0.25) is 0 Å². The first-order valence-corrected chi connectivity index (χ1v) is 8.76. The molecule has 0 fully saturated rings. The molecule has 0 radical (unpaired) electrons. The third kappa shape index (κ3) is 2.95. The molecule has 2 aromatic carbocycles. The Labute approximate surface area is 132 Å². The Balaban J connectivity index is 2.12. The Morgan fingerprint density at radius 2 is 1.61 bits per heavy atom. The molecule has 0 amide bonds. The number of hydrogen-bond donors (Lipinski definition) is 1. The number of benzene rings is 2. The number of rotatable bonds is 3. The lowest BCUT2D eigenvalue weighted by atomic mass is 10.1. The number of nitrogens with zero attached hydrogens (tertiary/aromatic N) is 1. The number of hydrogen-bond acceptors (Lipinski definition) is 4. The molecule has 0 aliphatic heterocycles. The lowest BCUT2D eigenvalue weighted by molar-refractivity contribution is -0.660. The highest BCUT2D eigenvalue weighted by Gasteiger charge is 2.25. The highest BCUT2D eigenvalue weighted by atomic mass is 32.2. The minimum Gasteiger partial charge on any atom is -0.282 e. The maximum absolute atomic E-state index is 12.0. The zero-order valence-corrected chi connectivity index (χ0v) is 13.4. The Bertz CT molecular complexity index is 997. The molecule has 7 heteroatoms. The van der Waals surface area contributed by atoms with Crippen LogP contribution in [0.1, 0.15) is 5.56 Å². The number of aromatic nitrogens is 2. The van der Waals surface area contributed by atoms with Gasteiger partial charge in [0.1, 0.15) is 0 Å². The summed E-state index contributed by atoms with van der Waals surface area (Å²) in [5.74, 6) is 0. The van der Waals surface area contributed by atoms with E-state index >= 15 is 0 Å². The Morgan fingerprint density at radius 3 is 2.17 bits per heavy atom. The quantitative estimate of drug-likeness (QED) is 0.739. The minimum absolute atomic E-state index is 0.213. The number of H-pyrrole nitrogens is 1. The fourth-order valence-corrected chi connectivity index (χ4v) is 2.89. The second-order valence-electron chi connectivity index (χ2n) is 5.30. The third-order valence-corrected chi connectivity index (χ3v) is 4.62. The van der Waals surface area contributed by atoms with Crippen LogP contribution in [-0.4, -0.2) is 19.9 Å². The van der Waals surface area contributed by atoms with Crippen LogP contribution in [0.3, 0.4) is 0 Å². The van der Waals surface area contributed by atoms with E-state index in [-0.39, 0.29) is 4.90 Å². The Morgan fingerprint density at radius 1 is 1.00 bits per heavy atom. The van der Waals surface area contributed by atoms with Crippen LogP contribution in [0, 0.1) is 6.92 Å². The normalized spacial score (nSPS) is 11.6. The molecule has 0 saturated carbocycles. The topological polar surface area (TPSA) is 84.0 Å². The monoisotopic (exact) mass is 331 g/mol. The van der Waals surface area contributed by atoms with Crippen molar-refractivity contribution in [3.63, 3.8) is 0 Å². The summed E-state index contributed by atoms with van der Waals surface area (Å²) in [7, 11) is -3.27. The van der Waals surface area contributed by atoms with E-state index in [2.05, 4.69) is 5.27 Å². The molecule has 1 N–H and O–H groups in total. The number of aromatic amines is 1. The van der Waals surface area contributed by atoms with Gasteiger partial charge in [0.05, 0.1) is 10.5 Å². The largest absolute Gasteiger partial charge is 0.435 e. The van der Waals surface area contributed by atoms with Gasteiger partial charge in [0.15, 0.2) is 9.84 Å². The first kappa shape index (κ1) is 15.2. The van der Waals surface area contributed by atoms with Crippen LogP contribution in [0.25, 0.3) is 16.9 Å². The van der Waals surface area contributed by atoms with Crippen molar-refractivity contribution in [1.29, 1.82) is 0 Å². The van der Waals surface area contributed by atoms with E-state index in [1.807, 2.05) is 31.2 Å². The van der Waals surface area contributed by atoms with Crippen molar-refractivity contribution >= 4 is 9.84 Å². The summed E-state index contributed by atoms with van der Waals surface area (Å²) >= 11 is 0. The average Bonchev–Trinajstić information content (AvgIpc) is 2.89. The standard InChI is InChI=1S/C16H14N2O4S/c1-11-3-5-12(6-4-11)15-16(19)22-17-18(15)13-7-9-14(10-8-13)23(2,20)21/h3-10H,1-2H3/p+1. The molecule has 3 rings (SSSR count). The van der Waals surface area contributed by atoms with E-state index < -0.39 is 15.5 Å². The van der Waals surface area contributed by atoms with E-state index in [1.54, 1.807) is 12.1 Å². The van der Waals surface area contributed by atoms with Crippen LogP contribution < -0.4 is 10.3 Å². The van der Waals surface area contributed by atoms with Crippen LogP contribution in [0.5, 0.6) is 0 Å². The zero-order valence-electron chi connectivity index (χ0n) is 12.6. The molecule has 23 heavy (non-hydrogen) atoms. The fraction of sp³-hybridized carbons (Fsp3) is 0.125. The maximum atomic E-state index is 12.0. The zero-order chi connectivity index (χ0) is 16.6. The van der Waals surface area contributed by atoms with E-state index in [4.69, 9.17) is 4.52 Å². The van der Waals surface area contributed by atoms with Crippen LogP contribution in [0.15, 0.2) is 62.7 Å². The van der Waals surface area contributed by atoms with Crippen molar-refractivity contribution in [2.24, 2.45) is 0 Å². The van der Waals surface area contributed by atoms with Gasteiger partial charge in [-0.1, -0.05) is 17.7 Å². The van der Waals surface area contributed by atoms with E-state index in [9.17, 15) is 13.2 Å². The smallest absolute Gasteiger partial charge is 0.282 e. The number of nitrogens with one attached hydrogen (secondary N) is 1. The second-order valence-corrected chi connectivity index (χ2v) is 7.31. The lowest BCUT2D eigenvalue weighted by Gasteiger charge is -1.98. The summed E-state index contributed by atoms with van der Waals surface area (Å²) in [5.41, 5.74) is 2.23. The third-order valence-electron chi connectivity index (χ3n) is 3.49. The molecule has 3 aromatic rings. The average molecular weight is 331 g/mol. The Kier molecular flexibility index (Phi) is 3.65. The molecule has 0 saturated heterocycles. The summed E-state index contributed by atoms with van der Waals surface area (Å²) < 4.78 is 29.4. The van der Waals surface area contributed by atoms with Gasteiger partial charge >= 0.3 is 11.3 Å². The maximum Gasteiger partial charge on any atom is 0.435 e. The van der Waals surface area contributed by atoms with Gasteiger partial charge in [-0.3, -0.25) is 4.52 Å². The summed E-state index contributed by atoms with van der Waals surface area (Å²) in [4.78, 5) is 12.2. The van der Waals surface area contributed by atoms with Crippen molar-refractivity contribution in [1.82, 2.24) is 5.27 Å². The highest BCUT2D eigenvalue weighted by Crippen LogP contribution is 2.15. The van der Waals surface area contributed by atoms with E-state index in [1.165, 1.54) is 16.8 Å². The molecule has 0 aliphatic carbocycles. The summed E-state index contributed by atoms with van der Waals surface area (Å²) in [5, 5.41) is 2.54. The van der Waals surface area contributed by atoms with Crippen LogP contribution >= 0.6 is 0 Å². The van der Waals surface area contributed by atoms with E-state index in [0.717, 1.165) is 11.8 Å². The van der Waals surface area contributed by atoms with Crippen molar-refractivity contribution < 1.29 is 17.6 Å². The van der Waals surface area contributed by atoms with Gasteiger partial charge in [-0.2, -0.15) is 0 Å². The van der Waals surface area contributed by atoms with Crippen molar-refractivity contribution in [3.05, 3.63) is 64.5 Å². The lowest BCUT2D eigenvalue weighted by Crippen LogP contribution is -2.36. The molecule has 118 valence electrons. The van der Waals surface area contributed by atoms with Gasteiger partial charge in [-0.25, -0.2) is 13.2 Å². The minimum atomic E-state index is -3.27. The molecule has 1 heterocycles. The first-order valence-electron chi connectivity index (χ1n) is 6.87. The van der Waals surface area contributed by atoms with E-state index in [0.29, 0.717) is 16.9 Å². The SMILES string of the molecule is Cc1ccc(-c2c(=O)o[nH][n+]2-c2ccc(S(C)(=O)=O)cc2)cc1. The summed E-state index contributed by atoms with van der Waals surface area (Å²) in [6.45, 7) is 1.96. The molecular weight excluding hydrogens is 316 g/mol. The molecule has 0 unspecified atom stereocenters. The van der Waals surface area contributed by atoms with Crippen LogP contribution in [0.4, 0.5) is 0 Å². The van der Waals surface area contributed by atoms with Crippen molar-refractivity contribution in [2.75, 3.05) is 6.26 Å². The van der Waals surface area contributed by atoms with Gasteiger partial charge in [-0.15, -0.1) is 0 Å². The molecule has 0 atom stereocenters. The Hall–Kier alpha value is -2.67. The molecule has 0 spiro atoms. The number of sulfone groups is 1.